The summed E-state index contributed by atoms with van der Waals surface area (Å²) < 4.78 is 0. The number of ketones is 2. The van der Waals surface area contributed by atoms with Crippen LogP contribution >= 0.6 is 0 Å². The molecule has 0 radical (unpaired) electrons. The van der Waals surface area contributed by atoms with Crippen LogP contribution in [0.15, 0.2) is 121 Å². The second-order valence-corrected chi connectivity index (χ2v) is 24.5. The van der Waals surface area contributed by atoms with Crippen molar-refractivity contribution in [2.24, 2.45) is 11.8 Å². The smallest absolute Gasteiger partial charge is 0.246 e. The summed E-state index contributed by atoms with van der Waals surface area (Å²) in [7, 11) is 3.45. The summed E-state index contributed by atoms with van der Waals surface area (Å²) in [6.45, 7) is 5.17. The Balaban J connectivity index is 0.808. The first-order chi connectivity index (χ1) is 42.3. The minimum absolute atomic E-state index is 0.00591. The number of hydrogen-bond donors (Lipinski definition) is 7. The van der Waals surface area contributed by atoms with Crippen molar-refractivity contribution in [1.29, 1.82) is 0 Å². The number of unbranched alkanes of at least 4 members (excludes halogenated alkanes) is 5. The quantitative estimate of drug-likeness (QED) is 0.0234. The maximum Gasteiger partial charge on any atom is 0.246 e. The second kappa shape index (κ2) is 33.3. The Kier molecular flexibility index (Phi) is 25.2. The number of rotatable bonds is 32. The van der Waals surface area contributed by atoms with Gasteiger partial charge in [-0.05, 0) is 113 Å². The van der Waals surface area contributed by atoms with E-state index in [0.717, 1.165) is 42.4 Å². The number of likely N-dealkylation sites (N-methyl/N-ethyl adjacent to an activating group) is 2. The number of hydrogen-bond acceptors (Lipinski definition) is 11. The van der Waals surface area contributed by atoms with E-state index in [-0.39, 0.29) is 96.2 Å². The van der Waals surface area contributed by atoms with Gasteiger partial charge in [0.25, 0.3) is 0 Å². The number of amides is 6. The summed E-state index contributed by atoms with van der Waals surface area (Å²) in [5, 5.41) is 22.0. The van der Waals surface area contributed by atoms with Gasteiger partial charge in [-0.3, -0.25) is 38.4 Å². The van der Waals surface area contributed by atoms with Crippen LogP contribution in [0.1, 0.15) is 170 Å². The van der Waals surface area contributed by atoms with Crippen molar-refractivity contribution in [2.75, 3.05) is 27.2 Å². The zero-order chi connectivity index (χ0) is 61.7. The maximum atomic E-state index is 14.9. The first kappa shape index (κ1) is 65.9. The van der Waals surface area contributed by atoms with Gasteiger partial charge in [-0.25, -0.2) is 0 Å². The van der Waals surface area contributed by atoms with Gasteiger partial charge in [-0.15, -0.1) is 0 Å². The van der Waals surface area contributed by atoms with Gasteiger partial charge in [0.2, 0.25) is 35.4 Å². The van der Waals surface area contributed by atoms with Crippen molar-refractivity contribution >= 4 is 47.0 Å². The largest absolute Gasteiger partial charge is 0.356 e. The third kappa shape index (κ3) is 17.6. The fourth-order valence-electron chi connectivity index (χ4n) is 13.9. The molecule has 1 unspecified atom stereocenters. The predicted octanol–water partition coefficient (Wildman–Crippen LogP) is 7.74. The lowest BCUT2D eigenvalue weighted by molar-refractivity contribution is -0.144. The Hall–Kier alpha value is -7.08. The zero-order valence-electron chi connectivity index (χ0n) is 51.7. The van der Waals surface area contributed by atoms with E-state index in [9.17, 15) is 38.4 Å². The number of nitrogens with zero attached hydrogens (tertiary/aromatic N) is 2. The van der Waals surface area contributed by atoms with Gasteiger partial charge < -0.3 is 47.0 Å². The third-order valence-corrected chi connectivity index (χ3v) is 18.9. The predicted molar refractivity (Wildman–Crippen MR) is 338 cm³/mol. The molecule has 17 nitrogen and oxygen atoms in total. The molecule has 11 atom stereocenters. The summed E-state index contributed by atoms with van der Waals surface area (Å²) in [6, 6.07) is 34.0. The van der Waals surface area contributed by atoms with Gasteiger partial charge in [-0.2, -0.15) is 0 Å². The Morgan fingerprint density at radius 3 is 1.48 bits per heavy atom. The highest BCUT2D eigenvalue weighted by Crippen LogP contribution is 2.38. The molecule has 4 fully saturated rings. The Bertz CT molecular complexity index is 2830. The average Bonchev–Trinajstić information content (AvgIpc) is 2.71. The van der Waals surface area contributed by atoms with Crippen molar-refractivity contribution < 1.29 is 38.4 Å². The van der Waals surface area contributed by atoms with Crippen LogP contribution in [0.25, 0.3) is 0 Å². The SMILES string of the molecule is CC[C@H](NC)C(=O)N[C@@H]1C(=O)N2C(CC[C@@H]1CNCc1ccccc1)CC[C@H]2C(=O)N[C@H](C(=O)CCCCCCCCC(=O)NC[C@H]1CC[C@H]2CC[C@@H](C(=O)CC(c3ccccc3)c3ccccc3)N2C(=O)[C@H]1NC(=O)[C@H](CC)NC)c1ccccc1. The first-order valence-corrected chi connectivity index (χ1v) is 32.4. The number of carbonyl (C=O) groups excluding carboxylic acids is 8. The standard InChI is InChI=1S/C70H95N9O8/c1-5-56(71-3)66(83)76-64-51(45-73-44-47-25-15-11-16-26-47)35-37-54-40-42-59(79(54)70(64)87)68(85)75-63(50-31-21-14-22-32-50)60(80)33-23-9-7-8-10-24-34-62(82)74-46-52-36-38-53-39-41-58(78(53)69(86)65(52)77-67(84)57(6-2)72-4)61(81)43-55(48-27-17-12-18-28-48)49-29-19-13-20-30-49/h11-22,25-32,51-59,63-65,71-73H,5-10,23-24,33-46H2,1-4H3,(H,74,82)(H,75,85)(H,76,83)(H,77,84)/t51-,52-,53+,54?,56+,57+,58+,59+,63+,64+,65+/m1/s1. The number of benzene rings is 4. The summed E-state index contributed by atoms with van der Waals surface area (Å²) >= 11 is 0. The molecule has 0 spiro atoms. The molecule has 0 bridgehead atoms. The van der Waals surface area contributed by atoms with E-state index < -0.39 is 42.3 Å². The fourth-order valence-corrected chi connectivity index (χ4v) is 13.9. The van der Waals surface area contributed by atoms with Crippen LogP contribution in [-0.2, 0) is 44.9 Å². The van der Waals surface area contributed by atoms with Crippen molar-refractivity contribution in [2.45, 2.75) is 203 Å². The summed E-state index contributed by atoms with van der Waals surface area (Å²) in [5.74, 6) is -2.39. The van der Waals surface area contributed by atoms with Crippen LogP contribution in [0, 0.1) is 11.8 Å². The molecule has 4 saturated heterocycles. The van der Waals surface area contributed by atoms with Crippen molar-refractivity contribution in [3.63, 3.8) is 0 Å². The summed E-state index contributed by atoms with van der Waals surface area (Å²) in [5.41, 5.74) is 3.87. The van der Waals surface area contributed by atoms with Crippen LogP contribution in [0.4, 0.5) is 0 Å². The molecule has 4 aliphatic rings. The highest BCUT2D eigenvalue weighted by Gasteiger charge is 2.50. The molecule has 0 saturated carbocycles. The number of carbonyl (C=O) groups is 8. The van der Waals surface area contributed by atoms with Crippen molar-refractivity contribution in [3.8, 4) is 0 Å². The van der Waals surface area contributed by atoms with E-state index in [1.54, 1.807) is 23.9 Å². The van der Waals surface area contributed by atoms with E-state index in [0.29, 0.717) is 102 Å². The summed E-state index contributed by atoms with van der Waals surface area (Å²) in [4.78, 5) is 117. The minimum atomic E-state index is -0.909. The van der Waals surface area contributed by atoms with Crippen molar-refractivity contribution in [3.05, 3.63) is 144 Å². The zero-order valence-corrected chi connectivity index (χ0v) is 51.7. The van der Waals surface area contributed by atoms with E-state index in [4.69, 9.17) is 0 Å². The van der Waals surface area contributed by atoms with E-state index in [1.165, 1.54) is 0 Å². The minimum Gasteiger partial charge on any atom is -0.356 e. The molecule has 6 amide bonds. The van der Waals surface area contributed by atoms with Gasteiger partial charge in [0.15, 0.2) is 11.6 Å². The van der Waals surface area contributed by atoms with Crippen LogP contribution in [0.2, 0.25) is 0 Å². The Labute approximate surface area is 515 Å². The summed E-state index contributed by atoms with van der Waals surface area (Å²) in [6.07, 6.45) is 11.5. The normalized spacial score (nSPS) is 22.9. The average molecular weight is 1190 g/mol. The van der Waals surface area contributed by atoms with E-state index in [2.05, 4.69) is 37.2 Å². The molecule has 4 aliphatic heterocycles. The molecule has 468 valence electrons. The fraction of sp³-hybridized carbons (Fsp3) is 0.543. The topological polar surface area (TPSA) is 227 Å². The Morgan fingerprint density at radius 2 is 0.966 bits per heavy atom. The van der Waals surface area contributed by atoms with Crippen LogP contribution in [0.5, 0.6) is 0 Å². The van der Waals surface area contributed by atoms with Gasteiger partial charge in [0.05, 0.1) is 18.1 Å². The van der Waals surface area contributed by atoms with Crippen LogP contribution in [0.3, 0.4) is 0 Å². The lowest BCUT2D eigenvalue weighted by Crippen LogP contribution is -2.59. The van der Waals surface area contributed by atoms with Crippen LogP contribution < -0.4 is 37.2 Å². The molecule has 17 heteroatoms. The molecule has 0 aromatic heterocycles. The van der Waals surface area contributed by atoms with Gasteiger partial charge in [-0.1, -0.05) is 161 Å². The molecule has 87 heavy (non-hydrogen) atoms. The second-order valence-electron chi connectivity index (χ2n) is 24.5. The van der Waals surface area contributed by atoms with E-state index in [1.807, 2.05) is 135 Å². The maximum absolute atomic E-state index is 14.9. The highest BCUT2D eigenvalue weighted by atomic mass is 16.2. The van der Waals surface area contributed by atoms with E-state index >= 15 is 0 Å². The van der Waals surface area contributed by atoms with Gasteiger partial charge in [0.1, 0.15) is 24.2 Å². The molecule has 4 aromatic rings. The molecular weight excluding hydrogens is 1090 g/mol. The van der Waals surface area contributed by atoms with Gasteiger partial charge >= 0.3 is 0 Å². The number of Topliss-reactive ketones (excluding diaryl/α,β-unsaturated/α-hetero) is 2. The molecule has 7 N–H and O–H groups in total. The Morgan fingerprint density at radius 1 is 0.517 bits per heavy atom. The number of nitrogens with one attached hydrogen (secondary N) is 7. The molecule has 4 heterocycles. The first-order valence-electron chi connectivity index (χ1n) is 32.4. The third-order valence-electron chi connectivity index (χ3n) is 18.9. The number of fused-ring (bicyclic) bond motifs is 2. The molecule has 4 aromatic carbocycles. The molecule has 8 rings (SSSR count). The molecule has 0 aliphatic carbocycles. The van der Waals surface area contributed by atoms with Crippen molar-refractivity contribution in [1.82, 2.24) is 47.0 Å². The highest BCUT2D eigenvalue weighted by molar-refractivity contribution is 5.97. The lowest BCUT2D eigenvalue weighted by Gasteiger charge is -2.33. The van der Waals surface area contributed by atoms with Crippen LogP contribution in [-0.4, -0.2) is 132 Å². The monoisotopic (exact) mass is 1190 g/mol. The van der Waals surface area contributed by atoms with Gasteiger partial charge in [0, 0.05) is 68.7 Å². The molecular formula is C70H95N9O8. The lowest BCUT2D eigenvalue weighted by atomic mass is 9.85.